The molecule has 0 saturated heterocycles. The zero-order valence-electron chi connectivity index (χ0n) is 10.3. The van der Waals surface area contributed by atoms with Crippen molar-refractivity contribution in [1.29, 1.82) is 0 Å². The van der Waals surface area contributed by atoms with Gasteiger partial charge in [0.25, 0.3) is 0 Å². The van der Waals surface area contributed by atoms with Gasteiger partial charge < -0.3 is 4.74 Å². The van der Waals surface area contributed by atoms with Crippen molar-refractivity contribution in [2.24, 2.45) is 0 Å². The summed E-state index contributed by atoms with van der Waals surface area (Å²) in [7, 11) is 0. The Morgan fingerprint density at radius 1 is 1.12 bits per heavy atom. The summed E-state index contributed by atoms with van der Waals surface area (Å²) in [5.74, 6) is -0.275. The number of hydrogen-bond donors (Lipinski definition) is 0. The van der Waals surface area contributed by atoms with Crippen molar-refractivity contribution in [2.45, 2.75) is 51.9 Å². The number of halogens is 1. The topological polar surface area (TPSA) is 26.3 Å². The molecule has 0 fully saturated rings. The molecule has 0 saturated carbocycles. The number of ether oxygens (including phenoxy) is 1. The summed E-state index contributed by atoms with van der Waals surface area (Å²) in [5.41, 5.74) is 0.489. The van der Waals surface area contributed by atoms with E-state index in [0.29, 0.717) is 17.5 Å². The summed E-state index contributed by atoms with van der Waals surface area (Å²) in [6.45, 7) is 6.35. The van der Waals surface area contributed by atoms with E-state index in [4.69, 9.17) is 4.74 Å². The Labute approximate surface area is 108 Å². The first-order chi connectivity index (χ1) is 7.72. The number of rotatable bonds is 10. The molecule has 0 aromatic carbocycles. The first kappa shape index (κ1) is 15.7. The molecule has 0 heterocycles. The van der Waals surface area contributed by atoms with Gasteiger partial charge in [0.2, 0.25) is 0 Å². The monoisotopic (exact) mass is 290 g/mol. The highest BCUT2D eigenvalue weighted by Crippen LogP contribution is 2.07. The van der Waals surface area contributed by atoms with E-state index in [1.165, 1.54) is 32.1 Å². The summed E-state index contributed by atoms with van der Waals surface area (Å²) < 4.78 is 5.05. The lowest BCUT2D eigenvalue weighted by Crippen LogP contribution is -2.08. The third kappa shape index (κ3) is 8.96. The van der Waals surface area contributed by atoms with Gasteiger partial charge in [0.1, 0.15) is 0 Å². The van der Waals surface area contributed by atoms with Crippen molar-refractivity contribution in [2.75, 3.05) is 11.9 Å². The largest absolute Gasteiger partial charge is 0.462 e. The minimum atomic E-state index is -0.275. The van der Waals surface area contributed by atoms with Gasteiger partial charge in [0.05, 0.1) is 6.61 Å². The molecule has 94 valence electrons. The van der Waals surface area contributed by atoms with Crippen molar-refractivity contribution in [3.63, 3.8) is 0 Å². The average Bonchev–Trinajstić information content (AvgIpc) is 2.31. The van der Waals surface area contributed by atoms with Crippen LogP contribution in [0.4, 0.5) is 0 Å². The third-order valence-corrected chi connectivity index (χ3v) is 3.11. The highest BCUT2D eigenvalue weighted by Gasteiger charge is 2.05. The van der Waals surface area contributed by atoms with Crippen LogP contribution >= 0.6 is 15.9 Å². The summed E-state index contributed by atoms with van der Waals surface area (Å²) in [6, 6.07) is 0. The minimum Gasteiger partial charge on any atom is -0.462 e. The van der Waals surface area contributed by atoms with E-state index >= 15 is 0 Å². The summed E-state index contributed by atoms with van der Waals surface area (Å²) >= 11 is 3.17. The molecule has 0 amide bonds. The second kappa shape index (κ2) is 11.2. The molecule has 3 heteroatoms. The fourth-order valence-corrected chi connectivity index (χ4v) is 1.61. The Balaban J connectivity index is 3.21. The predicted octanol–water partition coefficient (Wildman–Crippen LogP) is 4.23. The maximum Gasteiger partial charge on any atom is 0.334 e. The number of esters is 1. The van der Waals surface area contributed by atoms with E-state index in [2.05, 4.69) is 29.4 Å². The Hall–Kier alpha value is -0.310. The lowest BCUT2D eigenvalue weighted by molar-refractivity contribution is -0.138. The summed E-state index contributed by atoms with van der Waals surface area (Å²) in [6.07, 6.45) is 8.61. The van der Waals surface area contributed by atoms with Crippen LogP contribution in [-0.4, -0.2) is 17.9 Å². The minimum absolute atomic E-state index is 0.275. The Morgan fingerprint density at radius 3 is 2.25 bits per heavy atom. The fourth-order valence-electron chi connectivity index (χ4n) is 1.38. The molecule has 0 unspecified atom stereocenters. The van der Waals surface area contributed by atoms with Crippen LogP contribution in [0.15, 0.2) is 12.2 Å². The second-order valence-corrected chi connectivity index (χ2v) is 4.56. The van der Waals surface area contributed by atoms with E-state index in [-0.39, 0.29) is 5.97 Å². The average molecular weight is 291 g/mol. The Morgan fingerprint density at radius 2 is 1.69 bits per heavy atom. The quantitative estimate of drug-likeness (QED) is 0.260. The van der Waals surface area contributed by atoms with Crippen LogP contribution < -0.4 is 0 Å². The predicted molar refractivity (Wildman–Crippen MR) is 71.9 cm³/mol. The zero-order valence-corrected chi connectivity index (χ0v) is 11.9. The first-order valence-electron chi connectivity index (χ1n) is 6.13. The van der Waals surface area contributed by atoms with Crippen LogP contribution in [0.2, 0.25) is 0 Å². The fraction of sp³-hybridized carbons (Fsp3) is 0.769. The normalized spacial score (nSPS) is 10.1. The molecule has 0 radical (unpaired) electrons. The molecule has 16 heavy (non-hydrogen) atoms. The summed E-state index contributed by atoms with van der Waals surface area (Å²) in [4.78, 5) is 11.2. The smallest absolute Gasteiger partial charge is 0.334 e. The van der Waals surface area contributed by atoms with Crippen LogP contribution in [0.1, 0.15) is 51.9 Å². The molecule has 0 aliphatic carbocycles. The molecule has 0 atom stereocenters. The highest BCUT2D eigenvalue weighted by molar-refractivity contribution is 9.09. The van der Waals surface area contributed by atoms with Crippen molar-refractivity contribution in [3.8, 4) is 0 Å². The van der Waals surface area contributed by atoms with Gasteiger partial charge in [0.15, 0.2) is 0 Å². The van der Waals surface area contributed by atoms with Gasteiger partial charge in [-0.2, -0.15) is 0 Å². The van der Waals surface area contributed by atoms with Gasteiger partial charge in [-0.3, -0.25) is 0 Å². The molecule has 0 aliphatic heterocycles. The van der Waals surface area contributed by atoms with Crippen molar-refractivity contribution >= 4 is 21.9 Å². The molecule has 0 aliphatic rings. The number of unbranched alkanes of at least 4 members (excludes halogenated alkanes) is 6. The molecule has 0 rings (SSSR count). The molecule has 0 aromatic heterocycles. The molecule has 0 aromatic rings. The first-order valence-corrected chi connectivity index (χ1v) is 7.25. The summed E-state index contributed by atoms with van der Waals surface area (Å²) in [5, 5.41) is 0.489. The molecular formula is C13H23BrO2. The van der Waals surface area contributed by atoms with Gasteiger partial charge in [-0.05, 0) is 6.42 Å². The maximum atomic E-state index is 11.2. The number of alkyl halides is 1. The standard InChI is InChI=1S/C13H23BrO2/c1-3-4-5-6-7-8-9-10-16-13(15)12(2)11-14/h2-11H2,1H3. The van der Waals surface area contributed by atoms with Crippen LogP contribution in [0.3, 0.4) is 0 Å². The number of hydrogen-bond acceptors (Lipinski definition) is 2. The van der Waals surface area contributed by atoms with E-state index < -0.39 is 0 Å². The van der Waals surface area contributed by atoms with Crippen LogP contribution in [0.5, 0.6) is 0 Å². The van der Waals surface area contributed by atoms with Gasteiger partial charge in [-0.25, -0.2) is 4.79 Å². The number of carbonyl (C=O) groups excluding carboxylic acids is 1. The second-order valence-electron chi connectivity index (χ2n) is 3.99. The van der Waals surface area contributed by atoms with Crippen LogP contribution in [0, 0.1) is 0 Å². The van der Waals surface area contributed by atoms with Gasteiger partial charge in [-0.1, -0.05) is 68.0 Å². The number of carbonyl (C=O) groups is 1. The van der Waals surface area contributed by atoms with E-state index in [1.54, 1.807) is 0 Å². The molecular weight excluding hydrogens is 268 g/mol. The highest BCUT2D eigenvalue weighted by atomic mass is 79.9. The van der Waals surface area contributed by atoms with Crippen molar-refractivity contribution in [1.82, 2.24) is 0 Å². The Kier molecular flexibility index (Phi) is 11.0. The lowest BCUT2D eigenvalue weighted by Gasteiger charge is -2.05. The van der Waals surface area contributed by atoms with E-state index in [0.717, 1.165) is 12.8 Å². The van der Waals surface area contributed by atoms with Gasteiger partial charge in [-0.15, -0.1) is 0 Å². The molecule has 0 bridgehead atoms. The van der Waals surface area contributed by atoms with Crippen LogP contribution in [-0.2, 0) is 9.53 Å². The van der Waals surface area contributed by atoms with Crippen molar-refractivity contribution < 1.29 is 9.53 Å². The lowest BCUT2D eigenvalue weighted by atomic mass is 10.1. The van der Waals surface area contributed by atoms with E-state index in [9.17, 15) is 4.79 Å². The van der Waals surface area contributed by atoms with Crippen molar-refractivity contribution in [3.05, 3.63) is 12.2 Å². The zero-order chi connectivity index (χ0) is 12.2. The van der Waals surface area contributed by atoms with Gasteiger partial charge in [0, 0.05) is 10.9 Å². The molecule has 0 spiro atoms. The SMILES string of the molecule is C=C(CBr)C(=O)OCCCCCCCCC. The third-order valence-electron chi connectivity index (χ3n) is 2.43. The Bertz CT molecular complexity index is 202. The van der Waals surface area contributed by atoms with E-state index in [1.807, 2.05) is 0 Å². The van der Waals surface area contributed by atoms with Gasteiger partial charge >= 0.3 is 5.97 Å². The molecule has 0 N–H and O–H groups in total. The van der Waals surface area contributed by atoms with Crippen LogP contribution in [0.25, 0.3) is 0 Å². The maximum absolute atomic E-state index is 11.2. The molecule has 2 nitrogen and oxygen atoms in total.